The highest BCUT2D eigenvalue weighted by atomic mass is 79.9. The molecule has 0 saturated carbocycles. The Labute approximate surface area is 119 Å². The largest absolute Gasteiger partial charge is 0.380 e. The monoisotopic (exact) mass is 326 g/mol. The molecule has 2 amide bonds. The van der Waals surface area contributed by atoms with E-state index in [0.717, 1.165) is 5.56 Å². The molecule has 2 rings (SSSR count). The zero-order valence-corrected chi connectivity index (χ0v) is 12.3. The minimum absolute atomic E-state index is 0.124. The molecule has 1 aliphatic rings. The summed E-state index contributed by atoms with van der Waals surface area (Å²) < 4.78 is 5.68. The molecule has 0 spiro atoms. The lowest BCUT2D eigenvalue weighted by Crippen LogP contribution is -2.38. The Bertz CT molecular complexity index is 527. The Morgan fingerprint density at radius 3 is 2.58 bits per heavy atom. The molecule has 1 heterocycles. The van der Waals surface area contributed by atoms with Gasteiger partial charge in [-0.25, -0.2) is 0 Å². The van der Waals surface area contributed by atoms with E-state index in [-0.39, 0.29) is 17.7 Å². The number of benzene rings is 1. The Balaban J connectivity index is 2.31. The van der Waals surface area contributed by atoms with Gasteiger partial charge in [-0.15, -0.1) is 0 Å². The summed E-state index contributed by atoms with van der Waals surface area (Å²) >= 11 is 3.39. The fourth-order valence-electron chi connectivity index (χ4n) is 1.80. The van der Waals surface area contributed by atoms with Gasteiger partial charge < -0.3 is 15.4 Å². The third kappa shape index (κ3) is 2.96. The van der Waals surface area contributed by atoms with Crippen LogP contribution in [-0.2, 0) is 9.53 Å². The van der Waals surface area contributed by atoms with Crippen LogP contribution in [0.2, 0.25) is 0 Å². The molecule has 0 aromatic heterocycles. The lowest BCUT2D eigenvalue weighted by atomic mass is 10.1. The van der Waals surface area contributed by atoms with Crippen molar-refractivity contribution in [3.63, 3.8) is 0 Å². The summed E-state index contributed by atoms with van der Waals surface area (Å²) in [7, 11) is 1.56. The smallest absolute Gasteiger partial charge is 0.253 e. The number of hydrogen-bond donors (Lipinski definition) is 2. The molecule has 0 unspecified atom stereocenters. The predicted molar refractivity (Wildman–Crippen MR) is 75.2 cm³/mol. The molecule has 0 radical (unpaired) electrons. The molecule has 1 saturated heterocycles. The van der Waals surface area contributed by atoms with Gasteiger partial charge in [0.15, 0.2) is 0 Å². The average Bonchev–Trinajstić information content (AvgIpc) is 2.29. The molecule has 19 heavy (non-hydrogen) atoms. The van der Waals surface area contributed by atoms with Crippen molar-refractivity contribution >= 4 is 33.4 Å². The van der Waals surface area contributed by atoms with E-state index in [4.69, 9.17) is 4.74 Å². The van der Waals surface area contributed by atoms with Gasteiger partial charge in [0.2, 0.25) is 5.91 Å². The van der Waals surface area contributed by atoms with E-state index < -0.39 is 0 Å². The van der Waals surface area contributed by atoms with Crippen LogP contribution in [0, 0.1) is 12.8 Å². The van der Waals surface area contributed by atoms with E-state index in [2.05, 4.69) is 26.6 Å². The number of aryl methyl sites for hydroxylation is 1. The van der Waals surface area contributed by atoms with Crippen LogP contribution in [0.25, 0.3) is 0 Å². The summed E-state index contributed by atoms with van der Waals surface area (Å²) in [6.07, 6.45) is 0. The van der Waals surface area contributed by atoms with E-state index in [9.17, 15) is 9.59 Å². The second kappa shape index (κ2) is 5.71. The van der Waals surface area contributed by atoms with Gasteiger partial charge >= 0.3 is 0 Å². The van der Waals surface area contributed by atoms with Crippen molar-refractivity contribution in [2.45, 2.75) is 6.92 Å². The molecule has 1 fully saturated rings. The Morgan fingerprint density at radius 2 is 2.05 bits per heavy atom. The number of carbonyl (C=O) groups excluding carboxylic acids is 2. The number of amides is 2. The van der Waals surface area contributed by atoms with Crippen molar-refractivity contribution in [3.05, 3.63) is 27.7 Å². The Hall–Kier alpha value is -1.40. The lowest BCUT2D eigenvalue weighted by Gasteiger charge is -2.25. The van der Waals surface area contributed by atoms with E-state index in [1.54, 1.807) is 13.1 Å². The molecule has 5 nitrogen and oxygen atoms in total. The molecule has 6 heteroatoms. The third-order valence-electron chi connectivity index (χ3n) is 2.96. The minimum atomic E-state index is -0.232. The van der Waals surface area contributed by atoms with Crippen LogP contribution in [0.4, 0.5) is 5.69 Å². The van der Waals surface area contributed by atoms with Crippen LogP contribution in [0.1, 0.15) is 15.9 Å². The molecular weight excluding hydrogens is 312 g/mol. The second-order valence-corrected chi connectivity index (χ2v) is 5.33. The first kappa shape index (κ1) is 14.0. The number of ether oxygens (including phenoxy) is 1. The van der Waals surface area contributed by atoms with Crippen molar-refractivity contribution in [1.29, 1.82) is 0 Å². The minimum Gasteiger partial charge on any atom is -0.380 e. The van der Waals surface area contributed by atoms with E-state index >= 15 is 0 Å². The summed E-state index contributed by atoms with van der Waals surface area (Å²) in [5.41, 5.74) is 1.89. The zero-order valence-electron chi connectivity index (χ0n) is 10.7. The maximum atomic E-state index is 12.0. The van der Waals surface area contributed by atoms with Gasteiger partial charge in [0.25, 0.3) is 5.91 Å². The Morgan fingerprint density at radius 1 is 1.37 bits per heavy atom. The predicted octanol–water partition coefficient (Wildman–Crippen LogP) is 1.70. The Kier molecular flexibility index (Phi) is 4.21. The summed E-state index contributed by atoms with van der Waals surface area (Å²) in [4.78, 5) is 23.8. The van der Waals surface area contributed by atoms with Crippen LogP contribution in [0.3, 0.4) is 0 Å². The topological polar surface area (TPSA) is 67.4 Å². The van der Waals surface area contributed by atoms with Crippen LogP contribution in [0.15, 0.2) is 16.6 Å². The molecule has 2 N–H and O–H groups in total. The number of hydrogen-bond acceptors (Lipinski definition) is 3. The lowest BCUT2D eigenvalue weighted by molar-refractivity contribution is -0.133. The number of rotatable bonds is 3. The fraction of sp³-hybridized carbons (Fsp3) is 0.385. The third-order valence-corrected chi connectivity index (χ3v) is 3.59. The second-order valence-electron chi connectivity index (χ2n) is 4.47. The summed E-state index contributed by atoms with van der Waals surface area (Å²) in [6.45, 7) is 2.76. The van der Waals surface area contributed by atoms with Crippen molar-refractivity contribution in [3.8, 4) is 0 Å². The van der Waals surface area contributed by atoms with E-state index in [1.165, 1.54) is 0 Å². The van der Waals surface area contributed by atoms with Gasteiger partial charge in [0.05, 0.1) is 30.4 Å². The highest BCUT2D eigenvalue weighted by Crippen LogP contribution is 2.29. The van der Waals surface area contributed by atoms with Gasteiger partial charge in [-0.1, -0.05) is 0 Å². The first-order chi connectivity index (χ1) is 9.02. The van der Waals surface area contributed by atoms with Crippen molar-refractivity contribution in [2.24, 2.45) is 5.92 Å². The van der Waals surface area contributed by atoms with Crippen molar-refractivity contribution in [2.75, 3.05) is 25.6 Å². The number of anilines is 1. The highest BCUT2D eigenvalue weighted by molar-refractivity contribution is 9.10. The summed E-state index contributed by atoms with van der Waals surface area (Å²) in [5.74, 6) is -0.490. The van der Waals surface area contributed by atoms with Gasteiger partial charge in [-0.05, 0) is 40.5 Å². The maximum Gasteiger partial charge on any atom is 0.253 e. The number of halogens is 1. The van der Waals surface area contributed by atoms with Gasteiger partial charge in [0.1, 0.15) is 0 Å². The number of nitrogens with one attached hydrogen (secondary N) is 2. The van der Waals surface area contributed by atoms with Crippen LogP contribution < -0.4 is 10.6 Å². The summed E-state index contributed by atoms with van der Waals surface area (Å²) in [6, 6.07) is 3.61. The highest BCUT2D eigenvalue weighted by Gasteiger charge is 2.28. The SMILES string of the molecule is CNC(=O)c1cc(C)cc(Br)c1NC(=O)C1COC1. The average molecular weight is 327 g/mol. The zero-order chi connectivity index (χ0) is 14.0. The molecule has 0 bridgehead atoms. The van der Waals surface area contributed by atoms with Crippen LogP contribution >= 0.6 is 15.9 Å². The van der Waals surface area contributed by atoms with Gasteiger partial charge in [-0.2, -0.15) is 0 Å². The maximum absolute atomic E-state index is 12.0. The van der Waals surface area contributed by atoms with Crippen LogP contribution in [-0.4, -0.2) is 32.1 Å². The first-order valence-electron chi connectivity index (χ1n) is 5.93. The molecule has 1 aliphatic heterocycles. The fourth-order valence-corrected chi connectivity index (χ4v) is 2.47. The standard InChI is InChI=1S/C13H15BrN2O3/c1-7-3-9(13(18)15-2)11(10(14)4-7)16-12(17)8-5-19-6-8/h3-4,8H,5-6H2,1-2H3,(H,15,18)(H,16,17). The quantitative estimate of drug-likeness (QED) is 0.888. The molecule has 0 atom stereocenters. The molecular formula is C13H15BrN2O3. The van der Waals surface area contributed by atoms with E-state index in [0.29, 0.717) is 28.9 Å². The molecule has 102 valence electrons. The normalized spacial score (nSPS) is 14.7. The molecule has 1 aromatic rings. The van der Waals surface area contributed by atoms with Crippen molar-refractivity contribution in [1.82, 2.24) is 5.32 Å². The van der Waals surface area contributed by atoms with Gasteiger partial charge in [0, 0.05) is 11.5 Å². The summed E-state index contributed by atoms with van der Waals surface area (Å²) in [5, 5.41) is 5.37. The first-order valence-corrected chi connectivity index (χ1v) is 6.73. The van der Waals surface area contributed by atoms with Crippen molar-refractivity contribution < 1.29 is 14.3 Å². The van der Waals surface area contributed by atoms with Gasteiger partial charge in [-0.3, -0.25) is 9.59 Å². The molecule has 0 aliphatic carbocycles. The number of carbonyl (C=O) groups is 2. The molecule has 1 aromatic carbocycles. The van der Waals surface area contributed by atoms with Crippen LogP contribution in [0.5, 0.6) is 0 Å². The van der Waals surface area contributed by atoms with E-state index in [1.807, 2.05) is 13.0 Å².